The van der Waals surface area contributed by atoms with Crippen molar-refractivity contribution in [2.45, 2.75) is 6.42 Å². The van der Waals surface area contributed by atoms with Gasteiger partial charge in [-0.1, -0.05) is 12.1 Å². The Balaban J connectivity index is 2.19. The summed E-state index contributed by atoms with van der Waals surface area (Å²) in [4.78, 5) is 8.49. The highest BCUT2D eigenvalue weighted by molar-refractivity contribution is 5.73. The first kappa shape index (κ1) is 8.36. The highest BCUT2D eigenvalue weighted by Crippen LogP contribution is 2.22. The third-order valence-corrected chi connectivity index (χ3v) is 2.67. The number of hydrogen-bond acceptors (Lipinski definition) is 2. The zero-order valence-electron chi connectivity index (χ0n) is 8.22. The zero-order valence-corrected chi connectivity index (χ0v) is 8.22. The SMILES string of the molecule is C1=Cc2ncccc2Cc2ccncc21. The molecule has 2 nitrogen and oxygen atoms in total. The molecule has 2 aromatic heterocycles. The largest absolute Gasteiger partial charge is 0.264 e. The Morgan fingerprint density at radius 2 is 2.00 bits per heavy atom. The monoisotopic (exact) mass is 194 g/mol. The maximum atomic E-state index is 4.36. The van der Waals surface area contributed by atoms with Crippen molar-refractivity contribution in [2.24, 2.45) is 0 Å². The second kappa shape index (κ2) is 3.31. The van der Waals surface area contributed by atoms with Gasteiger partial charge in [-0.2, -0.15) is 0 Å². The lowest BCUT2D eigenvalue weighted by Gasteiger charge is -2.03. The third kappa shape index (κ3) is 1.44. The van der Waals surface area contributed by atoms with Crippen LogP contribution in [0.1, 0.15) is 22.4 Å². The van der Waals surface area contributed by atoms with Crippen molar-refractivity contribution in [3.63, 3.8) is 0 Å². The quantitative estimate of drug-likeness (QED) is 0.549. The van der Waals surface area contributed by atoms with Gasteiger partial charge in [-0.3, -0.25) is 9.97 Å². The van der Waals surface area contributed by atoms with E-state index in [0.717, 1.165) is 12.1 Å². The van der Waals surface area contributed by atoms with Crippen LogP contribution in [-0.4, -0.2) is 9.97 Å². The van der Waals surface area contributed by atoms with E-state index in [0.29, 0.717) is 0 Å². The zero-order chi connectivity index (χ0) is 10.1. The first-order chi connectivity index (χ1) is 7.43. The summed E-state index contributed by atoms with van der Waals surface area (Å²) in [7, 11) is 0. The van der Waals surface area contributed by atoms with E-state index >= 15 is 0 Å². The van der Waals surface area contributed by atoms with Crippen molar-refractivity contribution in [3.05, 3.63) is 59.2 Å². The summed E-state index contributed by atoms with van der Waals surface area (Å²) in [5, 5.41) is 0. The van der Waals surface area contributed by atoms with Gasteiger partial charge in [0.2, 0.25) is 0 Å². The number of fused-ring (bicyclic) bond motifs is 2. The molecular weight excluding hydrogens is 184 g/mol. The Bertz CT molecular complexity index is 482. The van der Waals surface area contributed by atoms with E-state index in [-0.39, 0.29) is 0 Å². The fourth-order valence-electron chi connectivity index (χ4n) is 1.87. The van der Waals surface area contributed by atoms with Crippen molar-refractivity contribution >= 4 is 12.2 Å². The number of aromatic nitrogens is 2. The molecule has 0 saturated heterocycles. The maximum Gasteiger partial charge on any atom is 0.0665 e. The smallest absolute Gasteiger partial charge is 0.0665 e. The minimum Gasteiger partial charge on any atom is -0.264 e. The molecule has 0 bridgehead atoms. The van der Waals surface area contributed by atoms with Crippen LogP contribution in [0.2, 0.25) is 0 Å². The Morgan fingerprint density at radius 1 is 1.00 bits per heavy atom. The average Bonchev–Trinajstić information content (AvgIpc) is 2.48. The van der Waals surface area contributed by atoms with E-state index in [4.69, 9.17) is 0 Å². The second-order valence-corrected chi connectivity index (χ2v) is 3.63. The number of nitrogens with zero attached hydrogens (tertiary/aromatic N) is 2. The average molecular weight is 194 g/mol. The first-order valence-corrected chi connectivity index (χ1v) is 4.98. The van der Waals surface area contributed by atoms with Crippen molar-refractivity contribution < 1.29 is 0 Å². The highest BCUT2D eigenvalue weighted by atomic mass is 14.7. The predicted molar refractivity (Wildman–Crippen MR) is 60.2 cm³/mol. The molecule has 15 heavy (non-hydrogen) atoms. The van der Waals surface area contributed by atoms with E-state index in [9.17, 15) is 0 Å². The van der Waals surface area contributed by atoms with E-state index < -0.39 is 0 Å². The highest BCUT2D eigenvalue weighted by Gasteiger charge is 2.08. The molecule has 0 aromatic carbocycles. The van der Waals surface area contributed by atoms with Crippen LogP contribution in [0.5, 0.6) is 0 Å². The van der Waals surface area contributed by atoms with Crippen LogP contribution in [0, 0.1) is 0 Å². The summed E-state index contributed by atoms with van der Waals surface area (Å²) in [6, 6.07) is 6.18. The van der Waals surface area contributed by atoms with Gasteiger partial charge in [0.05, 0.1) is 5.69 Å². The van der Waals surface area contributed by atoms with E-state index in [2.05, 4.69) is 34.3 Å². The number of rotatable bonds is 0. The van der Waals surface area contributed by atoms with Gasteiger partial charge in [0.25, 0.3) is 0 Å². The molecular formula is C13H10N2. The van der Waals surface area contributed by atoms with Crippen LogP contribution in [-0.2, 0) is 6.42 Å². The molecule has 2 heterocycles. The van der Waals surface area contributed by atoms with Gasteiger partial charge in [-0.25, -0.2) is 0 Å². The van der Waals surface area contributed by atoms with Gasteiger partial charge in [-0.05, 0) is 34.9 Å². The van der Waals surface area contributed by atoms with Crippen LogP contribution in [0.15, 0.2) is 36.8 Å². The van der Waals surface area contributed by atoms with Gasteiger partial charge >= 0.3 is 0 Å². The number of hydrogen-bond donors (Lipinski definition) is 0. The summed E-state index contributed by atoms with van der Waals surface area (Å²) in [5.41, 5.74) is 4.84. The molecule has 1 aliphatic carbocycles. The normalized spacial score (nSPS) is 12.8. The van der Waals surface area contributed by atoms with Crippen LogP contribution in [0.4, 0.5) is 0 Å². The molecule has 0 fully saturated rings. The molecule has 2 aromatic rings. The van der Waals surface area contributed by atoms with Crippen molar-refractivity contribution in [1.29, 1.82) is 0 Å². The molecule has 0 atom stereocenters. The molecule has 0 spiro atoms. The molecule has 0 radical (unpaired) electrons. The van der Waals surface area contributed by atoms with E-state index in [1.165, 1.54) is 16.7 Å². The number of pyridine rings is 2. The molecule has 3 rings (SSSR count). The van der Waals surface area contributed by atoms with Crippen LogP contribution < -0.4 is 0 Å². The Labute approximate surface area is 88.3 Å². The Hall–Kier alpha value is -1.96. The van der Waals surface area contributed by atoms with E-state index in [1.807, 2.05) is 24.7 Å². The molecule has 72 valence electrons. The molecule has 0 unspecified atom stereocenters. The lowest BCUT2D eigenvalue weighted by Crippen LogP contribution is -1.93. The summed E-state index contributed by atoms with van der Waals surface area (Å²) in [6.07, 6.45) is 10.7. The Kier molecular flexibility index (Phi) is 1.85. The van der Waals surface area contributed by atoms with Crippen LogP contribution >= 0.6 is 0 Å². The molecule has 0 amide bonds. The molecule has 0 N–H and O–H groups in total. The van der Waals surface area contributed by atoms with Crippen molar-refractivity contribution in [2.75, 3.05) is 0 Å². The fraction of sp³-hybridized carbons (Fsp3) is 0.0769. The molecule has 1 aliphatic rings. The topological polar surface area (TPSA) is 25.8 Å². The molecule has 0 saturated carbocycles. The van der Waals surface area contributed by atoms with Crippen LogP contribution in [0.25, 0.3) is 12.2 Å². The maximum absolute atomic E-state index is 4.36. The lowest BCUT2D eigenvalue weighted by atomic mass is 10.0. The van der Waals surface area contributed by atoms with Crippen molar-refractivity contribution in [1.82, 2.24) is 9.97 Å². The summed E-state index contributed by atoms with van der Waals surface area (Å²) in [5.74, 6) is 0. The second-order valence-electron chi connectivity index (χ2n) is 3.63. The van der Waals surface area contributed by atoms with Gasteiger partial charge in [0, 0.05) is 25.0 Å². The summed E-state index contributed by atoms with van der Waals surface area (Å²) < 4.78 is 0. The van der Waals surface area contributed by atoms with Gasteiger partial charge < -0.3 is 0 Å². The van der Waals surface area contributed by atoms with Gasteiger partial charge in [-0.15, -0.1) is 0 Å². The van der Waals surface area contributed by atoms with E-state index in [1.54, 1.807) is 0 Å². The van der Waals surface area contributed by atoms with Gasteiger partial charge in [0.15, 0.2) is 0 Å². The van der Waals surface area contributed by atoms with Crippen molar-refractivity contribution in [3.8, 4) is 0 Å². The minimum absolute atomic E-state index is 0.939. The van der Waals surface area contributed by atoms with Crippen LogP contribution in [0.3, 0.4) is 0 Å². The third-order valence-electron chi connectivity index (χ3n) is 2.67. The predicted octanol–water partition coefficient (Wildman–Crippen LogP) is 2.55. The van der Waals surface area contributed by atoms with Gasteiger partial charge in [0.1, 0.15) is 0 Å². The Morgan fingerprint density at radius 3 is 3.00 bits per heavy atom. The lowest BCUT2D eigenvalue weighted by molar-refractivity contribution is 1.12. The molecule has 2 heteroatoms. The minimum atomic E-state index is 0.939. The summed E-state index contributed by atoms with van der Waals surface area (Å²) in [6.45, 7) is 0. The first-order valence-electron chi connectivity index (χ1n) is 4.98. The summed E-state index contributed by atoms with van der Waals surface area (Å²) >= 11 is 0. The fourth-order valence-corrected chi connectivity index (χ4v) is 1.87. The molecule has 0 aliphatic heterocycles. The standard InChI is InChI=1S/C13H10N2/c1-2-11-8-10-5-7-14-9-12(10)3-4-13(11)15-6-1/h1-7,9H,8H2.